The standard InChI is InChI=1S/C21H27F3N4O3S/c1-4-5-12(2)26-20(30)31-13-6-8-28(9-7-13)16-10-15(21(22,23)24)18-17(27-16)14(11-32-18)19(29)25-3/h10-13H,4-9H2,1-3H3,(H,25,29)(H,26,30)/t12-/m0/s1. The summed E-state index contributed by atoms with van der Waals surface area (Å²) in [5.41, 5.74) is -0.641. The molecule has 176 valence electrons. The molecule has 0 saturated carbocycles. The number of amides is 2. The fourth-order valence-corrected chi connectivity index (χ4v) is 4.78. The highest BCUT2D eigenvalue weighted by atomic mass is 32.1. The first-order valence-electron chi connectivity index (χ1n) is 10.6. The van der Waals surface area contributed by atoms with Crippen LogP contribution in [0.4, 0.5) is 23.8 Å². The second-order valence-electron chi connectivity index (χ2n) is 7.86. The van der Waals surface area contributed by atoms with Gasteiger partial charge in [-0.1, -0.05) is 13.3 Å². The van der Waals surface area contributed by atoms with Crippen LogP contribution >= 0.6 is 11.3 Å². The van der Waals surface area contributed by atoms with E-state index in [1.807, 2.05) is 13.8 Å². The van der Waals surface area contributed by atoms with Crippen LogP contribution in [0.3, 0.4) is 0 Å². The van der Waals surface area contributed by atoms with E-state index in [9.17, 15) is 22.8 Å². The number of hydrogen-bond acceptors (Lipinski definition) is 6. The van der Waals surface area contributed by atoms with Gasteiger partial charge in [-0.15, -0.1) is 11.3 Å². The van der Waals surface area contributed by atoms with Crippen molar-refractivity contribution < 1.29 is 27.5 Å². The Bertz CT molecular complexity index is 971. The Balaban J connectivity index is 1.76. The maximum Gasteiger partial charge on any atom is 0.417 e. The van der Waals surface area contributed by atoms with Gasteiger partial charge in [-0.2, -0.15) is 13.2 Å². The number of anilines is 1. The molecule has 7 nitrogen and oxygen atoms in total. The van der Waals surface area contributed by atoms with Gasteiger partial charge in [0.2, 0.25) is 0 Å². The SMILES string of the molecule is CCC[C@H](C)NC(=O)OC1CCN(c2cc(C(F)(F)F)c3scc(C(=O)NC)c3n2)CC1. The van der Waals surface area contributed by atoms with Gasteiger partial charge in [0.05, 0.1) is 21.3 Å². The summed E-state index contributed by atoms with van der Waals surface area (Å²) in [4.78, 5) is 30.3. The molecule has 2 aromatic heterocycles. The van der Waals surface area contributed by atoms with Crippen molar-refractivity contribution in [2.45, 2.75) is 57.9 Å². The molecule has 2 N–H and O–H groups in total. The van der Waals surface area contributed by atoms with E-state index in [1.54, 1.807) is 4.90 Å². The molecule has 3 heterocycles. The molecule has 2 aromatic rings. The molecule has 0 spiro atoms. The first kappa shape index (κ1) is 24.1. The summed E-state index contributed by atoms with van der Waals surface area (Å²) in [6.07, 6.45) is -2.61. The predicted octanol–water partition coefficient (Wildman–Crippen LogP) is 4.56. The number of pyridine rings is 1. The zero-order valence-corrected chi connectivity index (χ0v) is 19.0. The van der Waals surface area contributed by atoms with Crippen molar-refractivity contribution in [1.82, 2.24) is 15.6 Å². The summed E-state index contributed by atoms with van der Waals surface area (Å²) in [5.74, 6) is -0.322. The number of hydrogen-bond donors (Lipinski definition) is 2. The Morgan fingerprint density at radius 1 is 1.34 bits per heavy atom. The van der Waals surface area contributed by atoms with Crippen molar-refractivity contribution in [3.63, 3.8) is 0 Å². The number of thiophene rings is 1. The lowest BCUT2D eigenvalue weighted by atomic mass is 10.1. The maximum atomic E-state index is 13.7. The van der Waals surface area contributed by atoms with Crippen LogP contribution in [0.25, 0.3) is 10.2 Å². The van der Waals surface area contributed by atoms with Gasteiger partial charge in [0, 0.05) is 44.4 Å². The summed E-state index contributed by atoms with van der Waals surface area (Å²) < 4.78 is 46.6. The minimum atomic E-state index is -4.57. The van der Waals surface area contributed by atoms with Crippen LogP contribution in [-0.2, 0) is 10.9 Å². The number of alkyl halides is 3. The zero-order valence-electron chi connectivity index (χ0n) is 18.2. The average molecular weight is 473 g/mol. The molecule has 32 heavy (non-hydrogen) atoms. The van der Waals surface area contributed by atoms with Gasteiger partial charge in [0.1, 0.15) is 11.9 Å². The number of nitrogens with zero attached hydrogens (tertiary/aromatic N) is 2. The molecule has 0 aliphatic carbocycles. The molecule has 1 aliphatic heterocycles. The average Bonchev–Trinajstić information content (AvgIpc) is 3.16. The number of fused-ring (bicyclic) bond motifs is 1. The van der Waals surface area contributed by atoms with Crippen molar-refractivity contribution in [1.29, 1.82) is 0 Å². The fourth-order valence-electron chi connectivity index (χ4n) is 3.76. The van der Waals surface area contributed by atoms with Crippen molar-refractivity contribution in [3.05, 3.63) is 22.6 Å². The topological polar surface area (TPSA) is 83.6 Å². The minimum Gasteiger partial charge on any atom is -0.446 e. The van der Waals surface area contributed by atoms with E-state index in [4.69, 9.17) is 4.74 Å². The summed E-state index contributed by atoms with van der Waals surface area (Å²) in [6.45, 7) is 4.71. The summed E-state index contributed by atoms with van der Waals surface area (Å²) in [5, 5.41) is 6.62. The Morgan fingerprint density at radius 3 is 2.62 bits per heavy atom. The van der Waals surface area contributed by atoms with E-state index < -0.39 is 23.7 Å². The Labute approximate surface area is 188 Å². The van der Waals surface area contributed by atoms with E-state index >= 15 is 0 Å². The smallest absolute Gasteiger partial charge is 0.417 e. The van der Waals surface area contributed by atoms with Crippen molar-refractivity contribution in [2.24, 2.45) is 0 Å². The highest BCUT2D eigenvalue weighted by Gasteiger charge is 2.36. The molecule has 0 unspecified atom stereocenters. The second kappa shape index (κ2) is 9.93. The molecule has 2 amide bonds. The van der Waals surface area contributed by atoms with Crippen molar-refractivity contribution >= 4 is 39.4 Å². The van der Waals surface area contributed by atoms with Crippen molar-refractivity contribution in [3.8, 4) is 0 Å². The van der Waals surface area contributed by atoms with E-state index in [0.29, 0.717) is 25.9 Å². The lowest BCUT2D eigenvalue weighted by Gasteiger charge is -2.33. The lowest BCUT2D eigenvalue weighted by Crippen LogP contribution is -2.41. The van der Waals surface area contributed by atoms with Crippen LogP contribution in [0, 0.1) is 0 Å². The van der Waals surface area contributed by atoms with Crippen LogP contribution in [0.1, 0.15) is 55.5 Å². The van der Waals surface area contributed by atoms with Gasteiger partial charge in [0.25, 0.3) is 5.91 Å². The monoisotopic (exact) mass is 472 g/mol. The van der Waals surface area contributed by atoms with Crippen LogP contribution < -0.4 is 15.5 Å². The maximum absolute atomic E-state index is 13.7. The van der Waals surface area contributed by atoms with Crippen LogP contribution in [0.5, 0.6) is 0 Å². The second-order valence-corrected chi connectivity index (χ2v) is 8.74. The number of ether oxygens (including phenoxy) is 1. The van der Waals surface area contributed by atoms with E-state index in [-0.39, 0.29) is 33.7 Å². The number of carbonyl (C=O) groups excluding carboxylic acids is 2. The largest absolute Gasteiger partial charge is 0.446 e. The minimum absolute atomic E-state index is 0.0180. The van der Waals surface area contributed by atoms with Crippen molar-refractivity contribution in [2.75, 3.05) is 25.0 Å². The highest BCUT2D eigenvalue weighted by Crippen LogP contribution is 2.40. The normalized spacial score (nSPS) is 16.1. The van der Waals surface area contributed by atoms with Crippen LogP contribution in [0.2, 0.25) is 0 Å². The summed E-state index contributed by atoms with van der Waals surface area (Å²) in [7, 11) is 1.42. The first-order valence-corrected chi connectivity index (χ1v) is 11.5. The lowest BCUT2D eigenvalue weighted by molar-refractivity contribution is -0.136. The highest BCUT2D eigenvalue weighted by molar-refractivity contribution is 7.17. The van der Waals surface area contributed by atoms with Gasteiger partial charge >= 0.3 is 12.3 Å². The number of alkyl carbamates (subject to hydrolysis) is 1. The third-order valence-corrected chi connectivity index (χ3v) is 6.41. The Kier molecular flexibility index (Phi) is 7.47. The van der Waals surface area contributed by atoms with E-state index in [0.717, 1.165) is 30.2 Å². The number of carbonyl (C=O) groups is 2. The number of halogens is 3. The third-order valence-electron chi connectivity index (χ3n) is 5.41. The Morgan fingerprint density at radius 2 is 2.03 bits per heavy atom. The van der Waals surface area contributed by atoms with Crippen LogP contribution in [0.15, 0.2) is 11.4 Å². The molecule has 11 heteroatoms. The van der Waals surface area contributed by atoms with Crippen LogP contribution in [-0.4, -0.2) is 49.3 Å². The number of rotatable bonds is 6. The molecular weight excluding hydrogens is 445 g/mol. The number of piperidine rings is 1. The molecule has 3 rings (SSSR count). The first-order chi connectivity index (χ1) is 15.1. The van der Waals surface area contributed by atoms with Gasteiger partial charge in [-0.05, 0) is 19.4 Å². The molecule has 0 radical (unpaired) electrons. The van der Waals surface area contributed by atoms with Gasteiger partial charge < -0.3 is 20.3 Å². The molecule has 0 aromatic carbocycles. The molecule has 1 saturated heterocycles. The number of nitrogens with one attached hydrogen (secondary N) is 2. The van der Waals surface area contributed by atoms with E-state index in [1.165, 1.54) is 12.4 Å². The fraction of sp³-hybridized carbons (Fsp3) is 0.571. The molecule has 1 fully saturated rings. The molecule has 1 atom stereocenters. The molecular formula is C21H27F3N4O3S. The van der Waals surface area contributed by atoms with Gasteiger partial charge in [0.15, 0.2) is 0 Å². The molecule has 0 bridgehead atoms. The Hall–Kier alpha value is -2.56. The zero-order chi connectivity index (χ0) is 23.5. The quantitative estimate of drug-likeness (QED) is 0.644. The van der Waals surface area contributed by atoms with Gasteiger partial charge in [-0.3, -0.25) is 4.79 Å². The summed E-state index contributed by atoms with van der Waals surface area (Å²) in [6, 6.07) is 1.05. The summed E-state index contributed by atoms with van der Waals surface area (Å²) >= 11 is 0.856. The van der Waals surface area contributed by atoms with E-state index in [2.05, 4.69) is 15.6 Å². The van der Waals surface area contributed by atoms with Gasteiger partial charge in [-0.25, -0.2) is 9.78 Å². The predicted molar refractivity (Wildman–Crippen MR) is 117 cm³/mol. The number of aromatic nitrogens is 1. The third kappa shape index (κ3) is 5.43. The molecule has 1 aliphatic rings.